The number of ether oxygens (including phenoxy) is 1. The minimum atomic E-state index is -1.75. The Balaban J connectivity index is 1.86. The highest BCUT2D eigenvalue weighted by molar-refractivity contribution is 6.34. The number of phenolic OH excluding ortho intramolecular Hbond substituents is 1. The van der Waals surface area contributed by atoms with E-state index in [1.54, 1.807) is 19.1 Å². The molecular formula is C23H23ClO5. The maximum absolute atomic E-state index is 13.0. The first-order chi connectivity index (χ1) is 13.6. The number of ketones is 1. The predicted molar refractivity (Wildman–Crippen MR) is 111 cm³/mol. The largest absolute Gasteiger partial charge is 0.508 e. The topological polar surface area (TPSA) is 83.8 Å². The molecular weight excluding hydrogens is 392 g/mol. The number of aliphatic hydroxyl groups is 1. The third-order valence-electron chi connectivity index (χ3n) is 6.73. The lowest BCUT2D eigenvalue weighted by Gasteiger charge is -2.45. The van der Waals surface area contributed by atoms with Crippen LogP contribution < -0.4 is 0 Å². The van der Waals surface area contributed by atoms with Gasteiger partial charge in [-0.1, -0.05) is 43.6 Å². The van der Waals surface area contributed by atoms with Crippen molar-refractivity contribution in [2.75, 3.05) is 6.61 Å². The molecule has 0 aromatic heterocycles. The van der Waals surface area contributed by atoms with E-state index in [-0.39, 0.29) is 5.75 Å². The van der Waals surface area contributed by atoms with E-state index in [4.69, 9.17) is 16.3 Å². The first kappa shape index (κ1) is 19.9. The summed E-state index contributed by atoms with van der Waals surface area (Å²) in [4.78, 5) is 24.2. The molecule has 0 saturated heterocycles. The molecule has 0 radical (unpaired) electrons. The van der Waals surface area contributed by atoms with Crippen molar-refractivity contribution in [2.45, 2.75) is 39.2 Å². The molecule has 5 nitrogen and oxygen atoms in total. The molecule has 3 atom stereocenters. The zero-order valence-corrected chi connectivity index (χ0v) is 17.3. The Morgan fingerprint density at radius 2 is 2.00 bits per heavy atom. The molecule has 0 heterocycles. The van der Waals surface area contributed by atoms with Crippen LogP contribution in [0.5, 0.6) is 5.75 Å². The van der Waals surface area contributed by atoms with E-state index in [0.717, 1.165) is 27.5 Å². The van der Waals surface area contributed by atoms with Crippen LogP contribution in [0.15, 0.2) is 35.4 Å². The minimum Gasteiger partial charge on any atom is -0.508 e. The van der Waals surface area contributed by atoms with Crippen LogP contribution in [-0.4, -0.2) is 34.2 Å². The highest BCUT2D eigenvalue weighted by atomic mass is 35.5. The van der Waals surface area contributed by atoms with Gasteiger partial charge in [0.1, 0.15) is 11.4 Å². The van der Waals surface area contributed by atoms with Crippen molar-refractivity contribution in [1.29, 1.82) is 0 Å². The van der Waals surface area contributed by atoms with Gasteiger partial charge in [0.15, 0.2) is 6.61 Å². The summed E-state index contributed by atoms with van der Waals surface area (Å²) in [6, 6.07) is 9.12. The van der Waals surface area contributed by atoms with Crippen LogP contribution >= 0.6 is 11.6 Å². The van der Waals surface area contributed by atoms with Gasteiger partial charge >= 0.3 is 5.97 Å². The van der Waals surface area contributed by atoms with Crippen molar-refractivity contribution >= 4 is 39.7 Å². The van der Waals surface area contributed by atoms with Gasteiger partial charge in [0.2, 0.25) is 5.78 Å². The molecule has 2 aliphatic rings. The van der Waals surface area contributed by atoms with Crippen molar-refractivity contribution in [1.82, 2.24) is 0 Å². The molecule has 0 bridgehead atoms. The van der Waals surface area contributed by atoms with Gasteiger partial charge in [-0.15, -0.1) is 0 Å². The Morgan fingerprint density at radius 3 is 2.69 bits per heavy atom. The third-order valence-corrected chi connectivity index (χ3v) is 7.25. The van der Waals surface area contributed by atoms with Crippen molar-refractivity contribution < 1.29 is 24.5 Å². The molecule has 4 rings (SSSR count). The first-order valence-electron chi connectivity index (χ1n) is 9.65. The highest BCUT2D eigenvalue weighted by Gasteiger charge is 2.64. The van der Waals surface area contributed by atoms with Crippen LogP contribution in [0.1, 0.15) is 38.3 Å². The van der Waals surface area contributed by atoms with E-state index >= 15 is 0 Å². The average Bonchev–Trinajstić information content (AvgIpc) is 2.84. The number of rotatable bonds is 3. The normalized spacial score (nSPS) is 28.2. The fourth-order valence-electron chi connectivity index (χ4n) is 5.16. The number of phenols is 1. The molecule has 29 heavy (non-hydrogen) atoms. The Morgan fingerprint density at radius 1 is 1.28 bits per heavy atom. The quantitative estimate of drug-likeness (QED) is 0.742. The second-order valence-electron chi connectivity index (χ2n) is 8.24. The molecule has 2 aromatic rings. The number of hydrogen-bond acceptors (Lipinski definition) is 5. The number of aromatic hydroxyl groups is 1. The molecule has 6 heteroatoms. The van der Waals surface area contributed by atoms with Gasteiger partial charge in [-0.2, -0.15) is 0 Å². The summed E-state index contributed by atoms with van der Waals surface area (Å²) in [7, 11) is 0. The lowest BCUT2D eigenvalue weighted by Crippen LogP contribution is -2.56. The van der Waals surface area contributed by atoms with Gasteiger partial charge < -0.3 is 14.9 Å². The lowest BCUT2D eigenvalue weighted by atomic mass is 9.60. The van der Waals surface area contributed by atoms with Gasteiger partial charge in [0.25, 0.3) is 0 Å². The number of aryl methyl sites for hydroxylation is 1. The number of halogens is 1. The van der Waals surface area contributed by atoms with Crippen molar-refractivity contribution in [3.05, 3.63) is 46.5 Å². The summed E-state index contributed by atoms with van der Waals surface area (Å²) in [5.74, 6) is -1.52. The molecule has 152 valence electrons. The summed E-state index contributed by atoms with van der Waals surface area (Å²) < 4.78 is 4.89. The second-order valence-corrected chi connectivity index (χ2v) is 8.65. The van der Waals surface area contributed by atoms with E-state index in [1.807, 2.05) is 25.1 Å². The SMILES string of the molecule is CC(=O)OCC(=O)[C@@]1(O)[C@H](C)C(Cl)=C2c3ccc4cc(O)ccc4c3CC[C@@]21C. The molecule has 0 fully saturated rings. The number of Topliss-reactive ketones (excluding diaryl/α,β-unsaturated/α-hetero) is 1. The van der Waals surface area contributed by atoms with Crippen LogP contribution in [-0.2, 0) is 20.7 Å². The second kappa shape index (κ2) is 6.57. The Labute approximate surface area is 173 Å². The van der Waals surface area contributed by atoms with Crippen LogP contribution in [0, 0.1) is 11.3 Å². The van der Waals surface area contributed by atoms with Gasteiger partial charge in [-0.25, -0.2) is 0 Å². The van der Waals surface area contributed by atoms with E-state index in [9.17, 15) is 19.8 Å². The summed E-state index contributed by atoms with van der Waals surface area (Å²) >= 11 is 6.74. The summed E-state index contributed by atoms with van der Waals surface area (Å²) in [6.45, 7) is 4.35. The average molecular weight is 415 g/mol. The van der Waals surface area contributed by atoms with E-state index in [2.05, 4.69) is 0 Å². The van der Waals surface area contributed by atoms with Crippen molar-refractivity contribution in [3.8, 4) is 5.75 Å². The highest BCUT2D eigenvalue weighted by Crippen LogP contribution is 2.63. The molecule has 0 spiro atoms. The first-order valence-corrected chi connectivity index (χ1v) is 10.0. The predicted octanol–water partition coefficient (Wildman–Crippen LogP) is 3.96. The Kier molecular flexibility index (Phi) is 4.52. The Hall–Kier alpha value is -2.37. The van der Waals surface area contributed by atoms with Gasteiger partial charge in [0, 0.05) is 23.3 Å². The number of fused-ring (bicyclic) bond motifs is 5. The summed E-state index contributed by atoms with van der Waals surface area (Å²) in [5.41, 5.74) is 0.151. The molecule has 0 amide bonds. The maximum Gasteiger partial charge on any atom is 0.303 e. The standard InChI is InChI=1S/C23H23ClO5/c1-12-21(24)20-18-6-4-14-10-15(26)5-7-16(14)17(18)8-9-22(20,3)23(12,28)19(27)11-29-13(2)25/h4-7,10,12,26,28H,8-9,11H2,1-3H3/t12-,22+,23+/m1/s1. The molecule has 0 aliphatic heterocycles. The molecule has 0 saturated carbocycles. The Bertz CT molecular complexity index is 1090. The van der Waals surface area contributed by atoms with Crippen molar-refractivity contribution in [2.24, 2.45) is 11.3 Å². The van der Waals surface area contributed by atoms with Crippen LogP contribution in [0.3, 0.4) is 0 Å². The van der Waals surface area contributed by atoms with Crippen LogP contribution in [0.4, 0.5) is 0 Å². The summed E-state index contributed by atoms with van der Waals surface area (Å²) in [5, 5.41) is 23.8. The maximum atomic E-state index is 13.0. The molecule has 2 aliphatic carbocycles. The van der Waals surface area contributed by atoms with Crippen LogP contribution in [0.2, 0.25) is 0 Å². The van der Waals surface area contributed by atoms with Gasteiger partial charge in [-0.3, -0.25) is 9.59 Å². The van der Waals surface area contributed by atoms with E-state index in [0.29, 0.717) is 17.9 Å². The number of esters is 1. The third kappa shape index (κ3) is 2.64. The monoisotopic (exact) mass is 414 g/mol. The lowest BCUT2D eigenvalue weighted by molar-refractivity contribution is -0.162. The number of carbonyl (C=O) groups is 2. The fraction of sp³-hybridized carbons (Fsp3) is 0.391. The number of benzene rings is 2. The molecule has 0 unspecified atom stereocenters. The van der Waals surface area contributed by atoms with Gasteiger partial charge in [-0.05, 0) is 52.4 Å². The molecule has 2 N–H and O–H groups in total. The van der Waals surface area contributed by atoms with Crippen LogP contribution in [0.25, 0.3) is 16.3 Å². The molecule has 2 aromatic carbocycles. The zero-order chi connectivity index (χ0) is 21.1. The van der Waals surface area contributed by atoms with Gasteiger partial charge in [0.05, 0.1) is 0 Å². The fourth-order valence-corrected chi connectivity index (χ4v) is 5.63. The zero-order valence-electron chi connectivity index (χ0n) is 16.6. The van der Waals surface area contributed by atoms with Crippen molar-refractivity contribution in [3.63, 3.8) is 0 Å². The minimum absolute atomic E-state index is 0.204. The summed E-state index contributed by atoms with van der Waals surface area (Å²) in [6.07, 6.45) is 1.18. The smallest absolute Gasteiger partial charge is 0.303 e. The van der Waals surface area contributed by atoms with E-state index < -0.39 is 35.3 Å². The number of carbonyl (C=O) groups excluding carboxylic acids is 2. The number of hydrogen-bond donors (Lipinski definition) is 2. The van der Waals surface area contributed by atoms with E-state index in [1.165, 1.54) is 6.92 Å².